The molecule has 0 aromatic heterocycles. The summed E-state index contributed by atoms with van der Waals surface area (Å²) >= 11 is 0. The van der Waals surface area contributed by atoms with Crippen LogP contribution in [0, 0.1) is 0 Å². The molecule has 0 heterocycles. The predicted molar refractivity (Wildman–Crippen MR) is 107 cm³/mol. The maximum absolute atomic E-state index is 12.2. The highest BCUT2D eigenvalue weighted by Crippen LogP contribution is 2.38. The minimum atomic E-state index is -0.244. The zero-order valence-electron chi connectivity index (χ0n) is 16.7. The van der Waals surface area contributed by atoms with Crippen LogP contribution >= 0.6 is 0 Å². The first-order chi connectivity index (χ1) is 13.6. The zero-order valence-corrected chi connectivity index (χ0v) is 16.7. The van der Waals surface area contributed by atoms with Crippen LogP contribution in [0.5, 0.6) is 28.7 Å². The Morgan fingerprint density at radius 1 is 0.857 bits per heavy atom. The molecule has 2 rings (SSSR count). The van der Waals surface area contributed by atoms with Gasteiger partial charge in [0.05, 0.1) is 35.5 Å². The van der Waals surface area contributed by atoms with Crippen molar-refractivity contribution in [3.8, 4) is 28.7 Å². The van der Waals surface area contributed by atoms with Crippen molar-refractivity contribution >= 4 is 12.0 Å². The number of hydrogen-bond acceptors (Lipinski definition) is 6. The fraction of sp³-hybridized carbons (Fsp3) is 0.286. The van der Waals surface area contributed by atoms with Gasteiger partial charge in [0.1, 0.15) is 11.5 Å². The molecule has 1 N–H and O–H groups in total. The van der Waals surface area contributed by atoms with Crippen LogP contribution in [0.1, 0.15) is 11.1 Å². The molecule has 2 aromatic carbocycles. The second-order valence-corrected chi connectivity index (χ2v) is 5.69. The van der Waals surface area contributed by atoms with E-state index >= 15 is 0 Å². The summed E-state index contributed by atoms with van der Waals surface area (Å²) in [5.74, 6) is 2.63. The van der Waals surface area contributed by atoms with Gasteiger partial charge in [0, 0.05) is 24.3 Å². The summed E-state index contributed by atoms with van der Waals surface area (Å²) in [6, 6.07) is 8.96. The van der Waals surface area contributed by atoms with Gasteiger partial charge in [0.25, 0.3) is 0 Å². The fourth-order valence-corrected chi connectivity index (χ4v) is 2.61. The smallest absolute Gasteiger partial charge is 0.244 e. The number of rotatable bonds is 9. The van der Waals surface area contributed by atoms with E-state index in [-0.39, 0.29) is 5.91 Å². The van der Waals surface area contributed by atoms with E-state index < -0.39 is 0 Å². The van der Waals surface area contributed by atoms with Crippen molar-refractivity contribution in [2.24, 2.45) is 0 Å². The molecule has 0 aliphatic carbocycles. The summed E-state index contributed by atoms with van der Waals surface area (Å²) in [7, 11) is 7.78. The second kappa shape index (κ2) is 10.1. The van der Waals surface area contributed by atoms with Crippen molar-refractivity contribution < 1.29 is 28.5 Å². The molecule has 0 aliphatic rings. The van der Waals surface area contributed by atoms with E-state index in [0.717, 1.165) is 11.1 Å². The molecule has 7 nitrogen and oxygen atoms in total. The van der Waals surface area contributed by atoms with Crippen molar-refractivity contribution in [3.05, 3.63) is 47.5 Å². The Morgan fingerprint density at radius 3 is 2.04 bits per heavy atom. The molecular weight excluding hydrogens is 362 g/mol. The molecule has 0 spiro atoms. The van der Waals surface area contributed by atoms with Crippen LogP contribution in [0.3, 0.4) is 0 Å². The molecule has 0 bridgehead atoms. The van der Waals surface area contributed by atoms with Crippen molar-refractivity contribution in [2.45, 2.75) is 6.54 Å². The summed E-state index contributed by atoms with van der Waals surface area (Å²) in [4.78, 5) is 12.2. The van der Waals surface area contributed by atoms with Gasteiger partial charge in [-0.15, -0.1) is 0 Å². The molecule has 0 aliphatic heterocycles. The van der Waals surface area contributed by atoms with Gasteiger partial charge in [-0.2, -0.15) is 0 Å². The van der Waals surface area contributed by atoms with Crippen LogP contribution in [-0.2, 0) is 11.3 Å². The van der Waals surface area contributed by atoms with E-state index in [2.05, 4.69) is 5.32 Å². The Labute approximate surface area is 164 Å². The summed E-state index contributed by atoms with van der Waals surface area (Å²) in [5, 5.41) is 2.83. The zero-order chi connectivity index (χ0) is 20.5. The third kappa shape index (κ3) is 5.09. The molecule has 2 aromatic rings. The predicted octanol–water partition coefficient (Wildman–Crippen LogP) is 3.06. The highest BCUT2D eigenvalue weighted by molar-refractivity contribution is 5.92. The molecule has 1 amide bonds. The average molecular weight is 387 g/mol. The quantitative estimate of drug-likeness (QED) is 0.667. The van der Waals surface area contributed by atoms with E-state index in [1.165, 1.54) is 6.08 Å². The van der Waals surface area contributed by atoms with E-state index in [1.54, 1.807) is 65.9 Å². The molecule has 0 saturated heterocycles. The third-order valence-corrected chi connectivity index (χ3v) is 4.05. The molecule has 0 atom stereocenters. The van der Waals surface area contributed by atoms with Crippen LogP contribution in [0.4, 0.5) is 0 Å². The average Bonchev–Trinajstić information content (AvgIpc) is 2.74. The summed E-state index contributed by atoms with van der Waals surface area (Å²) in [6.07, 6.45) is 3.13. The van der Waals surface area contributed by atoms with Crippen molar-refractivity contribution in [1.29, 1.82) is 0 Å². The van der Waals surface area contributed by atoms with Gasteiger partial charge in [-0.3, -0.25) is 4.79 Å². The normalized spacial score (nSPS) is 10.5. The van der Waals surface area contributed by atoms with Crippen LogP contribution < -0.4 is 29.0 Å². The fourth-order valence-electron chi connectivity index (χ4n) is 2.61. The van der Waals surface area contributed by atoms with Crippen LogP contribution in [-0.4, -0.2) is 41.5 Å². The number of ether oxygens (including phenoxy) is 5. The number of amides is 1. The highest BCUT2D eigenvalue weighted by atomic mass is 16.5. The van der Waals surface area contributed by atoms with E-state index in [0.29, 0.717) is 35.3 Å². The Balaban J connectivity index is 2.07. The third-order valence-electron chi connectivity index (χ3n) is 4.05. The lowest BCUT2D eigenvalue weighted by Crippen LogP contribution is -2.20. The van der Waals surface area contributed by atoms with Crippen molar-refractivity contribution in [3.63, 3.8) is 0 Å². The summed E-state index contributed by atoms with van der Waals surface area (Å²) in [5.41, 5.74) is 1.59. The number of benzene rings is 2. The maximum Gasteiger partial charge on any atom is 0.244 e. The minimum Gasteiger partial charge on any atom is -0.497 e. The van der Waals surface area contributed by atoms with Gasteiger partial charge in [-0.05, 0) is 35.9 Å². The maximum atomic E-state index is 12.2. The lowest BCUT2D eigenvalue weighted by Gasteiger charge is -2.14. The number of hydrogen-bond donors (Lipinski definition) is 1. The molecular formula is C21H25NO6. The first-order valence-corrected chi connectivity index (χ1v) is 8.53. The van der Waals surface area contributed by atoms with Gasteiger partial charge in [-0.1, -0.05) is 0 Å². The first-order valence-electron chi connectivity index (χ1n) is 8.53. The molecule has 7 heteroatoms. The summed E-state index contributed by atoms with van der Waals surface area (Å²) in [6.45, 7) is 0.305. The first kappa shape index (κ1) is 21.0. The van der Waals surface area contributed by atoms with Crippen molar-refractivity contribution in [2.75, 3.05) is 35.5 Å². The van der Waals surface area contributed by atoms with Gasteiger partial charge in [0.2, 0.25) is 11.7 Å². The van der Waals surface area contributed by atoms with Gasteiger partial charge < -0.3 is 29.0 Å². The Bertz CT molecular complexity index is 822. The molecule has 0 fully saturated rings. The lowest BCUT2D eigenvalue weighted by atomic mass is 10.1. The molecule has 0 radical (unpaired) electrons. The largest absolute Gasteiger partial charge is 0.497 e. The monoisotopic (exact) mass is 387 g/mol. The van der Waals surface area contributed by atoms with E-state index in [9.17, 15) is 4.79 Å². The molecule has 150 valence electrons. The number of carbonyl (C=O) groups excluding carboxylic acids is 1. The SMILES string of the molecule is COc1ccc(/C=C/C(=O)NCc2cc(OC)c(OC)c(OC)c2)c(OC)c1. The number of carbonyl (C=O) groups is 1. The minimum absolute atomic E-state index is 0.244. The van der Waals surface area contributed by atoms with Gasteiger partial charge >= 0.3 is 0 Å². The Morgan fingerprint density at radius 2 is 1.50 bits per heavy atom. The molecule has 28 heavy (non-hydrogen) atoms. The number of nitrogens with one attached hydrogen (secondary N) is 1. The summed E-state index contributed by atoms with van der Waals surface area (Å²) < 4.78 is 26.4. The van der Waals surface area contributed by atoms with Gasteiger partial charge in [0.15, 0.2) is 11.5 Å². The van der Waals surface area contributed by atoms with Crippen LogP contribution in [0.25, 0.3) is 6.08 Å². The van der Waals surface area contributed by atoms with E-state index in [4.69, 9.17) is 23.7 Å². The molecule has 0 saturated carbocycles. The van der Waals surface area contributed by atoms with Crippen LogP contribution in [0.2, 0.25) is 0 Å². The number of methoxy groups -OCH3 is 5. The second-order valence-electron chi connectivity index (χ2n) is 5.69. The molecule has 0 unspecified atom stereocenters. The Hall–Kier alpha value is -3.35. The van der Waals surface area contributed by atoms with E-state index in [1.807, 2.05) is 6.07 Å². The van der Waals surface area contributed by atoms with Crippen LogP contribution in [0.15, 0.2) is 36.4 Å². The topological polar surface area (TPSA) is 75.3 Å². The Kier molecular flexibility index (Phi) is 7.56. The standard InChI is InChI=1S/C21H25NO6/c1-24-16-8-6-15(17(12-16)25-2)7-9-20(23)22-13-14-10-18(26-3)21(28-5)19(11-14)27-4/h6-12H,13H2,1-5H3,(H,22,23)/b9-7+. The van der Waals surface area contributed by atoms with Gasteiger partial charge in [-0.25, -0.2) is 0 Å². The lowest BCUT2D eigenvalue weighted by molar-refractivity contribution is -0.116. The highest BCUT2D eigenvalue weighted by Gasteiger charge is 2.13. The van der Waals surface area contributed by atoms with Crippen molar-refractivity contribution in [1.82, 2.24) is 5.32 Å².